The Kier molecular flexibility index (Phi) is 2.70. The van der Waals surface area contributed by atoms with Gasteiger partial charge in [-0.15, -0.1) is 0 Å². The first-order chi connectivity index (χ1) is 8.06. The Bertz CT molecular complexity index is 637. The van der Waals surface area contributed by atoms with Crippen molar-refractivity contribution in [3.05, 3.63) is 52.2 Å². The molecule has 0 spiro atoms. The molecule has 0 amide bonds. The van der Waals surface area contributed by atoms with Crippen LogP contribution in [0.25, 0.3) is 11.4 Å². The minimum Gasteiger partial charge on any atom is -0.477 e. The summed E-state index contributed by atoms with van der Waals surface area (Å²) in [6.45, 7) is 0. The van der Waals surface area contributed by atoms with Crippen molar-refractivity contribution in [1.29, 1.82) is 0 Å². The fraction of sp³-hybridized carbons (Fsp3) is 0. The van der Waals surface area contributed by atoms with E-state index in [4.69, 9.17) is 5.11 Å². The summed E-state index contributed by atoms with van der Waals surface area (Å²) in [5, 5.41) is 8.75. The van der Waals surface area contributed by atoms with Gasteiger partial charge in [-0.3, -0.25) is 4.79 Å². The minimum absolute atomic E-state index is 0.0226. The van der Waals surface area contributed by atoms with Crippen LogP contribution in [0.2, 0.25) is 0 Å². The topological polar surface area (TPSA) is 83.0 Å². The SMILES string of the molecule is O=C(O)c1cc(=O)[nH]c(-c2cccc(F)c2)n1. The highest BCUT2D eigenvalue weighted by atomic mass is 19.1. The molecule has 2 aromatic rings. The summed E-state index contributed by atoms with van der Waals surface area (Å²) in [6, 6.07) is 6.22. The third-order valence-corrected chi connectivity index (χ3v) is 2.06. The maximum Gasteiger partial charge on any atom is 0.354 e. The number of benzene rings is 1. The first-order valence-electron chi connectivity index (χ1n) is 4.67. The van der Waals surface area contributed by atoms with Crippen LogP contribution in [0.5, 0.6) is 0 Å². The number of nitrogens with one attached hydrogen (secondary N) is 1. The van der Waals surface area contributed by atoms with Gasteiger partial charge < -0.3 is 10.1 Å². The van der Waals surface area contributed by atoms with E-state index in [1.54, 1.807) is 0 Å². The van der Waals surface area contributed by atoms with Crippen LogP contribution in [0.15, 0.2) is 35.1 Å². The zero-order valence-electron chi connectivity index (χ0n) is 8.48. The molecule has 0 atom stereocenters. The van der Waals surface area contributed by atoms with Crippen LogP contribution in [0.3, 0.4) is 0 Å². The molecule has 0 aliphatic rings. The molecular formula is C11H7FN2O3. The van der Waals surface area contributed by atoms with Crippen molar-refractivity contribution in [3.63, 3.8) is 0 Å². The number of aromatic amines is 1. The largest absolute Gasteiger partial charge is 0.477 e. The van der Waals surface area contributed by atoms with Gasteiger partial charge in [0.05, 0.1) is 0 Å². The van der Waals surface area contributed by atoms with Gasteiger partial charge in [0.25, 0.3) is 5.56 Å². The molecule has 0 saturated carbocycles. The Morgan fingerprint density at radius 2 is 2.12 bits per heavy atom. The van der Waals surface area contributed by atoms with Gasteiger partial charge in [-0.2, -0.15) is 0 Å². The summed E-state index contributed by atoms with van der Waals surface area (Å²) >= 11 is 0. The molecule has 1 heterocycles. The molecule has 2 N–H and O–H groups in total. The van der Waals surface area contributed by atoms with E-state index in [1.807, 2.05) is 0 Å². The molecule has 0 radical (unpaired) electrons. The molecule has 6 heteroatoms. The van der Waals surface area contributed by atoms with Crippen LogP contribution in [0, 0.1) is 5.82 Å². The molecule has 0 aliphatic carbocycles. The van der Waals surface area contributed by atoms with Crippen molar-refractivity contribution in [1.82, 2.24) is 9.97 Å². The van der Waals surface area contributed by atoms with E-state index in [0.29, 0.717) is 5.56 Å². The van der Waals surface area contributed by atoms with Gasteiger partial charge in [0.1, 0.15) is 11.6 Å². The number of carboxylic acids is 1. The molecule has 2 rings (SSSR count). The summed E-state index contributed by atoms with van der Waals surface area (Å²) in [7, 11) is 0. The summed E-state index contributed by atoms with van der Waals surface area (Å²) < 4.78 is 13.0. The van der Waals surface area contributed by atoms with Gasteiger partial charge in [0.2, 0.25) is 0 Å². The van der Waals surface area contributed by atoms with Crippen molar-refractivity contribution < 1.29 is 14.3 Å². The van der Waals surface area contributed by atoms with Crippen LogP contribution in [0.4, 0.5) is 4.39 Å². The Morgan fingerprint density at radius 1 is 1.35 bits per heavy atom. The molecule has 1 aromatic carbocycles. The number of halogens is 1. The number of H-pyrrole nitrogens is 1. The summed E-state index contributed by atoms with van der Waals surface area (Å²) in [5.41, 5.74) is -0.671. The summed E-state index contributed by atoms with van der Waals surface area (Å²) in [4.78, 5) is 28.0. The molecule has 0 unspecified atom stereocenters. The first-order valence-corrected chi connectivity index (χ1v) is 4.67. The molecule has 86 valence electrons. The Morgan fingerprint density at radius 3 is 2.76 bits per heavy atom. The van der Waals surface area contributed by atoms with E-state index in [-0.39, 0.29) is 11.5 Å². The van der Waals surface area contributed by atoms with Crippen molar-refractivity contribution in [3.8, 4) is 11.4 Å². The van der Waals surface area contributed by atoms with E-state index in [2.05, 4.69) is 9.97 Å². The van der Waals surface area contributed by atoms with E-state index in [1.165, 1.54) is 18.2 Å². The van der Waals surface area contributed by atoms with Gasteiger partial charge in [-0.25, -0.2) is 14.2 Å². The van der Waals surface area contributed by atoms with E-state index in [0.717, 1.165) is 12.1 Å². The van der Waals surface area contributed by atoms with Crippen molar-refractivity contribution >= 4 is 5.97 Å². The monoisotopic (exact) mass is 234 g/mol. The Balaban J connectivity index is 2.60. The molecule has 0 fully saturated rings. The quantitative estimate of drug-likeness (QED) is 0.819. The molecule has 5 nitrogen and oxygen atoms in total. The molecule has 0 bridgehead atoms. The molecule has 0 saturated heterocycles. The lowest BCUT2D eigenvalue weighted by atomic mass is 10.2. The van der Waals surface area contributed by atoms with Crippen LogP contribution >= 0.6 is 0 Å². The summed E-state index contributed by atoms with van der Waals surface area (Å²) in [5.74, 6) is -1.78. The predicted octanol–water partition coefficient (Wildman–Crippen LogP) is 1.27. The number of aromatic carboxylic acids is 1. The third kappa shape index (κ3) is 2.36. The fourth-order valence-corrected chi connectivity index (χ4v) is 1.34. The molecule has 1 aromatic heterocycles. The van der Waals surface area contributed by atoms with Crippen LogP contribution in [-0.2, 0) is 0 Å². The Labute approximate surface area is 94.6 Å². The number of rotatable bonds is 2. The highest BCUT2D eigenvalue weighted by Crippen LogP contribution is 2.14. The average molecular weight is 234 g/mol. The number of nitrogens with zero attached hydrogens (tertiary/aromatic N) is 1. The zero-order chi connectivity index (χ0) is 12.4. The second kappa shape index (κ2) is 4.17. The number of carbonyl (C=O) groups is 1. The summed E-state index contributed by atoms with van der Waals surface area (Å²) in [6.07, 6.45) is 0. The van der Waals surface area contributed by atoms with Crippen LogP contribution in [0.1, 0.15) is 10.5 Å². The third-order valence-electron chi connectivity index (χ3n) is 2.06. The van der Waals surface area contributed by atoms with Gasteiger partial charge in [0.15, 0.2) is 5.69 Å². The van der Waals surface area contributed by atoms with E-state index >= 15 is 0 Å². The molecular weight excluding hydrogens is 227 g/mol. The van der Waals surface area contributed by atoms with Crippen molar-refractivity contribution in [2.75, 3.05) is 0 Å². The van der Waals surface area contributed by atoms with Gasteiger partial charge >= 0.3 is 5.97 Å². The van der Waals surface area contributed by atoms with Gasteiger partial charge in [-0.1, -0.05) is 12.1 Å². The van der Waals surface area contributed by atoms with Crippen molar-refractivity contribution in [2.24, 2.45) is 0 Å². The second-order valence-electron chi connectivity index (χ2n) is 3.29. The normalized spacial score (nSPS) is 10.2. The van der Waals surface area contributed by atoms with Crippen molar-refractivity contribution in [2.45, 2.75) is 0 Å². The lowest BCUT2D eigenvalue weighted by Gasteiger charge is -2.01. The number of hydrogen-bond acceptors (Lipinski definition) is 3. The number of aromatic nitrogens is 2. The highest BCUT2D eigenvalue weighted by molar-refractivity contribution is 5.85. The maximum atomic E-state index is 13.0. The maximum absolute atomic E-state index is 13.0. The van der Waals surface area contributed by atoms with Crippen LogP contribution in [-0.4, -0.2) is 21.0 Å². The molecule has 17 heavy (non-hydrogen) atoms. The zero-order valence-corrected chi connectivity index (χ0v) is 8.48. The lowest BCUT2D eigenvalue weighted by molar-refractivity contribution is 0.0690. The second-order valence-corrected chi connectivity index (χ2v) is 3.29. The molecule has 0 aliphatic heterocycles. The Hall–Kier alpha value is -2.50. The fourth-order valence-electron chi connectivity index (χ4n) is 1.34. The van der Waals surface area contributed by atoms with Gasteiger partial charge in [0, 0.05) is 11.6 Å². The number of carboxylic acid groups (broad SMARTS) is 1. The van der Waals surface area contributed by atoms with E-state index in [9.17, 15) is 14.0 Å². The van der Waals surface area contributed by atoms with Crippen LogP contribution < -0.4 is 5.56 Å². The standard InChI is InChI=1S/C11H7FN2O3/c12-7-3-1-2-6(4-7)10-13-8(11(16)17)5-9(15)14-10/h1-5H,(H,16,17)(H,13,14,15). The number of hydrogen-bond donors (Lipinski definition) is 2. The minimum atomic E-state index is -1.31. The highest BCUT2D eigenvalue weighted by Gasteiger charge is 2.09. The smallest absolute Gasteiger partial charge is 0.354 e. The first kappa shape index (κ1) is 11.0. The predicted molar refractivity (Wildman–Crippen MR) is 57.2 cm³/mol. The van der Waals surface area contributed by atoms with E-state index < -0.39 is 17.3 Å². The van der Waals surface area contributed by atoms with Gasteiger partial charge in [-0.05, 0) is 12.1 Å². The average Bonchev–Trinajstić information content (AvgIpc) is 2.28. The lowest BCUT2D eigenvalue weighted by Crippen LogP contribution is -2.13.